The summed E-state index contributed by atoms with van der Waals surface area (Å²) in [4.78, 5) is 40.7. The summed E-state index contributed by atoms with van der Waals surface area (Å²) in [5.74, 6) is -3.62. The van der Waals surface area contributed by atoms with E-state index in [1.807, 2.05) is 0 Å². The zero-order valence-electron chi connectivity index (χ0n) is 23.6. The van der Waals surface area contributed by atoms with Crippen molar-refractivity contribution in [3.8, 4) is 0 Å². The number of aliphatic carboxylic acids is 1. The second-order valence-corrected chi connectivity index (χ2v) is 18.2. The van der Waals surface area contributed by atoms with E-state index in [0.29, 0.717) is 26.1 Å². The number of carboxylic acids is 1. The molecule has 2 heterocycles. The van der Waals surface area contributed by atoms with E-state index in [1.54, 1.807) is 26.8 Å². The third kappa shape index (κ3) is 4.95. The van der Waals surface area contributed by atoms with Gasteiger partial charge in [0.1, 0.15) is 5.70 Å². The van der Waals surface area contributed by atoms with Crippen molar-refractivity contribution in [3.63, 3.8) is 0 Å². The van der Waals surface area contributed by atoms with Gasteiger partial charge in [0.2, 0.25) is 15.7 Å². The number of rotatable bonds is 10. The summed E-state index contributed by atoms with van der Waals surface area (Å²) in [5.41, 5.74) is -0.528. The molecule has 2 amide bonds. The lowest BCUT2D eigenvalue weighted by Crippen LogP contribution is -2.60. The van der Waals surface area contributed by atoms with Gasteiger partial charge in [0.25, 0.3) is 5.91 Å². The van der Waals surface area contributed by atoms with Crippen LogP contribution in [0.25, 0.3) is 0 Å². The molecule has 1 aromatic rings. The third-order valence-electron chi connectivity index (χ3n) is 8.31. The molecule has 1 N–H and O–H groups in total. The zero-order chi connectivity index (χ0) is 28.8. The van der Waals surface area contributed by atoms with Crippen LogP contribution >= 0.6 is 0 Å². The molecule has 2 aliphatic heterocycles. The quantitative estimate of drug-likeness (QED) is 0.335. The second kappa shape index (κ2) is 10.6. The van der Waals surface area contributed by atoms with Gasteiger partial charge in [-0.05, 0) is 50.5 Å². The molecule has 3 rings (SSSR count). The summed E-state index contributed by atoms with van der Waals surface area (Å²) in [6, 6.07) is 5.26. The van der Waals surface area contributed by atoms with Crippen LogP contribution in [0.1, 0.15) is 58.3 Å². The molecule has 0 spiro atoms. The number of nitrogens with zero attached hydrogens (tertiary/aromatic N) is 2. The van der Waals surface area contributed by atoms with Crippen LogP contribution in [0.3, 0.4) is 0 Å². The first-order valence-electron chi connectivity index (χ1n) is 13.1. The first kappa shape index (κ1) is 30.0. The highest BCUT2D eigenvalue weighted by atomic mass is 32.2. The van der Waals surface area contributed by atoms with E-state index < -0.39 is 59.5 Å². The Morgan fingerprint density at radius 2 is 1.71 bits per heavy atom. The summed E-state index contributed by atoms with van der Waals surface area (Å²) >= 11 is 0. The van der Waals surface area contributed by atoms with E-state index in [-0.39, 0.29) is 20.4 Å². The highest BCUT2D eigenvalue weighted by molar-refractivity contribution is 7.95. The van der Waals surface area contributed by atoms with E-state index in [0.717, 1.165) is 4.90 Å². The van der Waals surface area contributed by atoms with Crippen molar-refractivity contribution >= 4 is 35.9 Å². The first-order chi connectivity index (χ1) is 17.5. The maximum atomic E-state index is 14.0. The van der Waals surface area contributed by atoms with Crippen LogP contribution in [0, 0.1) is 11.8 Å². The molecular weight excluding hydrogens is 524 g/mol. The summed E-state index contributed by atoms with van der Waals surface area (Å²) < 4.78 is 34.3. The minimum Gasteiger partial charge on any atom is -0.477 e. The molecule has 1 fully saturated rings. The predicted molar refractivity (Wildman–Crippen MR) is 147 cm³/mol. The maximum absolute atomic E-state index is 14.0. The van der Waals surface area contributed by atoms with Crippen LogP contribution in [0.4, 0.5) is 0 Å². The van der Waals surface area contributed by atoms with Gasteiger partial charge in [0.05, 0.1) is 27.3 Å². The van der Waals surface area contributed by atoms with Gasteiger partial charge in [-0.3, -0.25) is 9.59 Å². The topological polar surface area (TPSA) is 121 Å². The molecule has 0 aromatic heterocycles. The monoisotopic (exact) mass is 564 g/mol. The lowest BCUT2D eigenvalue weighted by atomic mass is 9.80. The average Bonchev–Trinajstić information content (AvgIpc) is 3.11. The molecule has 1 saturated heterocycles. The number of carboxylic acid groups (broad SMARTS) is 1. The Labute approximate surface area is 226 Å². The van der Waals surface area contributed by atoms with Crippen molar-refractivity contribution in [2.45, 2.75) is 77.0 Å². The summed E-state index contributed by atoms with van der Waals surface area (Å²) in [5, 5.41) is 10.0. The Kier molecular flexibility index (Phi) is 8.36. The van der Waals surface area contributed by atoms with Gasteiger partial charge in [-0.25, -0.2) is 13.2 Å². The highest BCUT2D eigenvalue weighted by Crippen LogP contribution is 2.50. The van der Waals surface area contributed by atoms with Gasteiger partial charge in [-0.15, -0.1) is 0 Å². The molecule has 3 atom stereocenters. The maximum Gasteiger partial charge on any atom is 0.353 e. The standard InChI is InChI=1S/C27H40N2O7SSi/c1-9-28(10-2)24(30)18-13-11-12-14-20(18)37(34,35)23-17(3)21-19(25(31)29(21)22(23)26(32)33)15-16-36-38(7,8)27(4,5)6/h11-14,17,19,21H,9-10,15-16H2,1-8H3,(H,32,33)/t17-,19+,21-/m1/s1. The van der Waals surface area contributed by atoms with Crippen LogP contribution in [0.15, 0.2) is 39.8 Å². The Morgan fingerprint density at radius 3 is 2.24 bits per heavy atom. The molecule has 0 saturated carbocycles. The normalized spacial score (nSPS) is 21.8. The van der Waals surface area contributed by atoms with E-state index >= 15 is 0 Å². The van der Waals surface area contributed by atoms with Gasteiger partial charge in [-0.1, -0.05) is 39.8 Å². The third-order valence-corrected chi connectivity index (χ3v) is 14.9. The average molecular weight is 565 g/mol. The Bertz CT molecular complexity index is 1260. The Morgan fingerprint density at radius 1 is 1.13 bits per heavy atom. The van der Waals surface area contributed by atoms with Crippen LogP contribution < -0.4 is 0 Å². The molecule has 0 radical (unpaired) electrons. The number of β-lactam (4-membered cyclic amide) rings is 1. The van der Waals surface area contributed by atoms with Gasteiger partial charge in [0.15, 0.2) is 8.32 Å². The van der Waals surface area contributed by atoms with E-state index in [1.165, 1.54) is 23.1 Å². The Balaban J connectivity index is 1.97. The molecule has 1 aromatic carbocycles. The number of benzene rings is 1. The number of sulfone groups is 1. The highest BCUT2D eigenvalue weighted by Gasteiger charge is 2.60. The summed E-state index contributed by atoms with van der Waals surface area (Å²) in [6.07, 6.45) is 0.383. The van der Waals surface area contributed by atoms with Crippen molar-refractivity contribution in [2.24, 2.45) is 11.8 Å². The number of carbonyl (C=O) groups is 3. The van der Waals surface area contributed by atoms with Crippen LogP contribution in [0.2, 0.25) is 18.1 Å². The van der Waals surface area contributed by atoms with E-state index in [9.17, 15) is 27.9 Å². The fourth-order valence-corrected chi connectivity index (χ4v) is 8.17. The second-order valence-electron chi connectivity index (χ2n) is 11.5. The van der Waals surface area contributed by atoms with Crippen LogP contribution in [0.5, 0.6) is 0 Å². The number of amides is 2. The number of fused-ring (bicyclic) bond motifs is 1. The van der Waals surface area contributed by atoms with Crippen molar-refractivity contribution in [3.05, 3.63) is 40.4 Å². The van der Waals surface area contributed by atoms with Crippen molar-refractivity contribution in [2.75, 3.05) is 19.7 Å². The lowest BCUT2D eigenvalue weighted by Gasteiger charge is -2.45. The molecule has 2 aliphatic rings. The van der Waals surface area contributed by atoms with Gasteiger partial charge in [0, 0.05) is 25.6 Å². The largest absolute Gasteiger partial charge is 0.477 e. The number of hydrogen-bond acceptors (Lipinski definition) is 6. The van der Waals surface area contributed by atoms with Crippen LogP contribution in [-0.2, 0) is 23.9 Å². The van der Waals surface area contributed by atoms with Crippen molar-refractivity contribution < 1.29 is 32.3 Å². The minimum absolute atomic E-state index is 0.00144. The Hall–Kier alpha value is -2.50. The molecule has 38 heavy (non-hydrogen) atoms. The first-order valence-corrected chi connectivity index (χ1v) is 17.5. The molecule has 0 unspecified atom stereocenters. The number of carbonyl (C=O) groups excluding carboxylic acids is 2. The van der Waals surface area contributed by atoms with Crippen LogP contribution in [-0.4, -0.2) is 75.2 Å². The molecule has 0 bridgehead atoms. The minimum atomic E-state index is -4.41. The van der Waals surface area contributed by atoms with Gasteiger partial charge >= 0.3 is 5.97 Å². The van der Waals surface area contributed by atoms with Gasteiger partial charge < -0.3 is 19.3 Å². The molecule has 210 valence electrons. The van der Waals surface area contributed by atoms with E-state index in [2.05, 4.69) is 33.9 Å². The molecule has 0 aliphatic carbocycles. The number of hydrogen-bond donors (Lipinski definition) is 1. The SMILES string of the molecule is CCN(CC)C(=O)c1ccccc1S(=O)(=O)C1=C(C(=O)O)N2C(=O)[C@@H](CCO[Si](C)(C)C(C)(C)C)[C@H]2[C@H]1C. The summed E-state index contributed by atoms with van der Waals surface area (Å²) in [7, 11) is -6.46. The lowest BCUT2D eigenvalue weighted by molar-refractivity contribution is -0.157. The van der Waals surface area contributed by atoms with Crippen molar-refractivity contribution in [1.29, 1.82) is 0 Å². The predicted octanol–water partition coefficient (Wildman–Crippen LogP) is 4.13. The van der Waals surface area contributed by atoms with Crippen molar-refractivity contribution in [1.82, 2.24) is 9.80 Å². The fraction of sp³-hybridized carbons (Fsp3) is 0.593. The fourth-order valence-electron chi connectivity index (χ4n) is 5.10. The summed E-state index contributed by atoms with van der Waals surface area (Å²) in [6.45, 7) is 17.0. The molecule has 9 nitrogen and oxygen atoms in total. The smallest absolute Gasteiger partial charge is 0.353 e. The van der Waals surface area contributed by atoms with E-state index in [4.69, 9.17) is 4.43 Å². The molecule has 11 heteroatoms. The van der Waals surface area contributed by atoms with Gasteiger partial charge in [-0.2, -0.15) is 0 Å². The molecular formula is C27H40N2O7SSi. The zero-order valence-corrected chi connectivity index (χ0v) is 25.4.